The molecule has 3 heterocycles. The van der Waals surface area contributed by atoms with E-state index in [1.54, 1.807) is 31.6 Å². The monoisotopic (exact) mass is 364 g/mol. The Morgan fingerprint density at radius 2 is 2.00 bits per heavy atom. The van der Waals surface area contributed by atoms with E-state index in [1.165, 1.54) is 0 Å². The molecule has 7 nitrogen and oxygen atoms in total. The molecule has 1 aromatic carbocycles. The number of aromatic nitrogens is 2. The molecule has 0 spiro atoms. The van der Waals surface area contributed by atoms with Gasteiger partial charge in [-0.2, -0.15) is 0 Å². The van der Waals surface area contributed by atoms with Crippen LogP contribution in [-0.4, -0.2) is 49.3 Å². The quantitative estimate of drug-likeness (QED) is 0.767. The smallest absolute Gasteiger partial charge is 0.274 e. The number of fused-ring (bicyclic) bond motifs is 1. The maximum absolute atomic E-state index is 12.8. The molecule has 0 bridgehead atoms. The summed E-state index contributed by atoms with van der Waals surface area (Å²) in [7, 11) is 1.59. The molecule has 0 atom stereocenters. The molecule has 7 heteroatoms. The van der Waals surface area contributed by atoms with Gasteiger partial charge in [-0.05, 0) is 24.3 Å². The Morgan fingerprint density at radius 1 is 1.15 bits per heavy atom. The predicted octanol–water partition coefficient (Wildman–Crippen LogP) is 2.73. The number of ether oxygens (including phenoxy) is 2. The maximum atomic E-state index is 12.8. The van der Waals surface area contributed by atoms with Gasteiger partial charge in [0.15, 0.2) is 0 Å². The molecule has 2 aromatic heterocycles. The zero-order valence-electron chi connectivity index (χ0n) is 15.0. The van der Waals surface area contributed by atoms with Crippen LogP contribution in [0.4, 0.5) is 11.4 Å². The number of nitrogens with zero attached hydrogens (tertiary/aromatic N) is 3. The van der Waals surface area contributed by atoms with Crippen molar-refractivity contribution in [3.05, 3.63) is 54.5 Å². The van der Waals surface area contributed by atoms with Crippen LogP contribution < -0.4 is 15.0 Å². The van der Waals surface area contributed by atoms with Gasteiger partial charge in [0.05, 0.1) is 31.5 Å². The largest absolute Gasteiger partial charge is 0.497 e. The van der Waals surface area contributed by atoms with Gasteiger partial charge in [0.25, 0.3) is 5.91 Å². The lowest BCUT2D eigenvalue weighted by Gasteiger charge is -2.28. The van der Waals surface area contributed by atoms with Gasteiger partial charge in [0.2, 0.25) is 0 Å². The summed E-state index contributed by atoms with van der Waals surface area (Å²) in [5.74, 6) is 0.367. The van der Waals surface area contributed by atoms with Crippen molar-refractivity contribution in [3.8, 4) is 5.75 Å². The van der Waals surface area contributed by atoms with Crippen LogP contribution in [0.2, 0.25) is 0 Å². The number of nitrogens with one attached hydrogen (secondary N) is 1. The Balaban J connectivity index is 1.62. The van der Waals surface area contributed by atoms with Gasteiger partial charge >= 0.3 is 0 Å². The number of anilines is 2. The van der Waals surface area contributed by atoms with Gasteiger partial charge in [-0.15, -0.1) is 0 Å². The van der Waals surface area contributed by atoms with Crippen molar-refractivity contribution >= 4 is 28.2 Å². The second-order valence-electron chi connectivity index (χ2n) is 6.20. The molecule has 0 saturated carbocycles. The molecule has 4 rings (SSSR count). The van der Waals surface area contributed by atoms with Crippen molar-refractivity contribution < 1.29 is 14.3 Å². The van der Waals surface area contributed by atoms with Crippen LogP contribution in [0.25, 0.3) is 10.9 Å². The van der Waals surface area contributed by atoms with E-state index in [2.05, 4.69) is 20.2 Å². The molecule has 1 amide bonds. The molecule has 0 aliphatic carbocycles. The number of hydrogen-bond acceptors (Lipinski definition) is 6. The Hall–Kier alpha value is -3.19. The van der Waals surface area contributed by atoms with E-state index in [0.29, 0.717) is 35.9 Å². The van der Waals surface area contributed by atoms with Crippen molar-refractivity contribution in [3.63, 3.8) is 0 Å². The summed E-state index contributed by atoms with van der Waals surface area (Å²) in [6.45, 7) is 2.97. The molecular formula is C20H20N4O3. The summed E-state index contributed by atoms with van der Waals surface area (Å²) < 4.78 is 10.7. The average molecular weight is 364 g/mol. The Kier molecular flexibility index (Phi) is 4.84. The third kappa shape index (κ3) is 3.68. The lowest BCUT2D eigenvalue weighted by atomic mass is 10.1. The second kappa shape index (κ2) is 7.59. The summed E-state index contributed by atoms with van der Waals surface area (Å²) in [5.41, 5.74) is 2.61. The fraction of sp³-hybridized carbons (Fsp3) is 0.250. The molecule has 27 heavy (non-hydrogen) atoms. The van der Waals surface area contributed by atoms with Crippen LogP contribution in [0, 0.1) is 0 Å². The Morgan fingerprint density at radius 3 is 2.81 bits per heavy atom. The fourth-order valence-corrected chi connectivity index (χ4v) is 3.13. The second-order valence-corrected chi connectivity index (χ2v) is 6.20. The van der Waals surface area contributed by atoms with Gasteiger partial charge in [-0.25, -0.2) is 0 Å². The highest BCUT2D eigenvalue weighted by molar-refractivity contribution is 6.08. The van der Waals surface area contributed by atoms with E-state index in [1.807, 2.05) is 24.3 Å². The first-order valence-corrected chi connectivity index (χ1v) is 8.77. The number of pyridine rings is 2. The minimum absolute atomic E-state index is 0.287. The summed E-state index contributed by atoms with van der Waals surface area (Å²) in [6, 6.07) is 11.1. The van der Waals surface area contributed by atoms with E-state index < -0.39 is 0 Å². The van der Waals surface area contributed by atoms with Gasteiger partial charge in [-0.3, -0.25) is 14.8 Å². The van der Waals surface area contributed by atoms with Crippen molar-refractivity contribution in [2.75, 3.05) is 43.6 Å². The number of benzene rings is 1. The minimum Gasteiger partial charge on any atom is -0.497 e. The van der Waals surface area contributed by atoms with Crippen LogP contribution in [0.15, 0.2) is 48.8 Å². The lowest BCUT2D eigenvalue weighted by Crippen LogP contribution is -2.36. The predicted molar refractivity (Wildman–Crippen MR) is 104 cm³/mol. The molecule has 1 aliphatic heterocycles. The number of carbonyl (C=O) groups excluding carboxylic acids is 1. The van der Waals surface area contributed by atoms with Crippen molar-refractivity contribution in [1.29, 1.82) is 0 Å². The van der Waals surface area contributed by atoms with Crippen molar-refractivity contribution in [1.82, 2.24) is 9.97 Å². The Labute approximate surface area is 156 Å². The first kappa shape index (κ1) is 17.2. The number of hydrogen-bond donors (Lipinski definition) is 1. The molecular weight excluding hydrogens is 344 g/mol. The zero-order valence-corrected chi connectivity index (χ0v) is 15.0. The summed E-state index contributed by atoms with van der Waals surface area (Å²) in [6.07, 6.45) is 3.35. The van der Waals surface area contributed by atoms with E-state index in [4.69, 9.17) is 9.47 Å². The number of rotatable bonds is 4. The summed E-state index contributed by atoms with van der Waals surface area (Å²) >= 11 is 0. The average Bonchev–Trinajstić information content (AvgIpc) is 2.74. The molecule has 1 fully saturated rings. The lowest BCUT2D eigenvalue weighted by molar-refractivity contribution is 0.102. The maximum Gasteiger partial charge on any atom is 0.274 e. The van der Waals surface area contributed by atoms with Crippen LogP contribution >= 0.6 is 0 Å². The molecule has 0 radical (unpaired) electrons. The number of morpholine rings is 1. The van der Waals surface area contributed by atoms with Gasteiger partial charge in [-0.1, -0.05) is 6.07 Å². The van der Waals surface area contributed by atoms with Gasteiger partial charge in [0, 0.05) is 42.6 Å². The zero-order chi connectivity index (χ0) is 18.6. The third-order valence-electron chi connectivity index (χ3n) is 4.51. The van der Waals surface area contributed by atoms with E-state index in [-0.39, 0.29) is 5.91 Å². The van der Waals surface area contributed by atoms with Crippen molar-refractivity contribution in [2.45, 2.75) is 0 Å². The molecule has 138 valence electrons. The molecule has 3 aromatic rings. The first-order chi connectivity index (χ1) is 13.2. The van der Waals surface area contributed by atoms with Crippen LogP contribution in [0.5, 0.6) is 5.75 Å². The van der Waals surface area contributed by atoms with Crippen LogP contribution in [-0.2, 0) is 4.74 Å². The summed E-state index contributed by atoms with van der Waals surface area (Å²) in [4.78, 5) is 23.6. The highest BCUT2D eigenvalue weighted by Crippen LogP contribution is 2.28. The van der Waals surface area contributed by atoms with E-state index in [9.17, 15) is 4.79 Å². The van der Waals surface area contributed by atoms with E-state index >= 15 is 0 Å². The Bertz CT molecular complexity index is 970. The number of amides is 1. The van der Waals surface area contributed by atoms with Crippen LogP contribution in [0.3, 0.4) is 0 Å². The molecule has 1 aliphatic rings. The molecule has 0 unspecified atom stereocenters. The van der Waals surface area contributed by atoms with Gasteiger partial charge < -0.3 is 19.7 Å². The minimum atomic E-state index is -0.287. The SMILES string of the molecule is COc1cc(NC(=O)c2cc(N3CCOCC3)ccn2)c2ncccc2c1. The van der Waals surface area contributed by atoms with Gasteiger partial charge in [0.1, 0.15) is 11.4 Å². The highest BCUT2D eigenvalue weighted by atomic mass is 16.5. The fourth-order valence-electron chi connectivity index (χ4n) is 3.13. The topological polar surface area (TPSA) is 76.6 Å². The van der Waals surface area contributed by atoms with Crippen molar-refractivity contribution in [2.24, 2.45) is 0 Å². The molecule has 1 N–H and O–H groups in total. The highest BCUT2D eigenvalue weighted by Gasteiger charge is 2.16. The standard InChI is InChI=1S/C20H20N4O3/c1-26-16-11-14-3-2-5-22-19(14)17(13-16)23-20(25)18-12-15(4-6-21-18)24-7-9-27-10-8-24/h2-6,11-13H,7-10H2,1H3,(H,23,25). The molecule has 1 saturated heterocycles. The van der Waals surface area contributed by atoms with Crippen LogP contribution in [0.1, 0.15) is 10.5 Å². The number of carbonyl (C=O) groups is 1. The number of methoxy groups -OCH3 is 1. The first-order valence-electron chi connectivity index (χ1n) is 8.77. The third-order valence-corrected chi connectivity index (χ3v) is 4.51. The van der Waals surface area contributed by atoms with E-state index in [0.717, 1.165) is 24.2 Å². The summed E-state index contributed by atoms with van der Waals surface area (Å²) in [5, 5.41) is 3.81. The normalized spacial score (nSPS) is 14.2.